The van der Waals surface area contributed by atoms with Gasteiger partial charge in [-0.05, 0) is 25.0 Å². The van der Waals surface area contributed by atoms with Crippen molar-refractivity contribution < 1.29 is 13.2 Å². The van der Waals surface area contributed by atoms with Crippen molar-refractivity contribution in [3.8, 4) is 0 Å². The van der Waals surface area contributed by atoms with Crippen LogP contribution >= 0.6 is 0 Å². The molecule has 1 unspecified atom stereocenters. The summed E-state index contributed by atoms with van der Waals surface area (Å²) in [4.78, 5) is 16.9. The van der Waals surface area contributed by atoms with Crippen molar-refractivity contribution >= 4 is 21.6 Å². The summed E-state index contributed by atoms with van der Waals surface area (Å²) in [7, 11) is -3.34. The van der Waals surface area contributed by atoms with E-state index in [0.717, 1.165) is 25.9 Å². The summed E-state index contributed by atoms with van der Waals surface area (Å²) in [6.45, 7) is 3.30. The predicted octanol–water partition coefficient (Wildman–Crippen LogP) is 1.15. The molecule has 0 bridgehead atoms. The normalized spacial score (nSPS) is 23.3. The molecule has 2 fully saturated rings. The van der Waals surface area contributed by atoms with Crippen LogP contribution in [0.2, 0.25) is 0 Å². The zero-order chi connectivity index (χ0) is 17.2. The number of amides is 1. The SMILES string of the molecule is CS(=O)(=O)N1CCCCC1C(=O)N1CCN(c2ccccc2)CC1. The summed E-state index contributed by atoms with van der Waals surface area (Å²) in [5.41, 5.74) is 1.17. The molecular formula is C17H25N3O3S. The summed E-state index contributed by atoms with van der Waals surface area (Å²) < 4.78 is 25.3. The van der Waals surface area contributed by atoms with Crippen molar-refractivity contribution in [2.45, 2.75) is 25.3 Å². The molecule has 24 heavy (non-hydrogen) atoms. The van der Waals surface area contributed by atoms with Gasteiger partial charge in [0.1, 0.15) is 6.04 Å². The molecule has 0 radical (unpaired) electrons. The highest BCUT2D eigenvalue weighted by Crippen LogP contribution is 2.23. The van der Waals surface area contributed by atoms with Gasteiger partial charge >= 0.3 is 0 Å². The number of anilines is 1. The Morgan fingerprint density at radius 1 is 1.00 bits per heavy atom. The van der Waals surface area contributed by atoms with Gasteiger partial charge in [0.15, 0.2) is 0 Å². The van der Waals surface area contributed by atoms with Gasteiger partial charge in [0.05, 0.1) is 6.26 Å². The van der Waals surface area contributed by atoms with Crippen molar-refractivity contribution in [1.82, 2.24) is 9.21 Å². The van der Waals surface area contributed by atoms with Crippen LogP contribution in [0, 0.1) is 0 Å². The Hall–Kier alpha value is -1.60. The molecule has 2 saturated heterocycles. The highest BCUT2D eigenvalue weighted by Gasteiger charge is 2.37. The first-order valence-corrected chi connectivity index (χ1v) is 10.4. The molecule has 1 atom stereocenters. The lowest BCUT2D eigenvalue weighted by Crippen LogP contribution is -2.57. The maximum Gasteiger partial charge on any atom is 0.241 e. The van der Waals surface area contributed by atoms with Gasteiger partial charge in [0.25, 0.3) is 0 Å². The van der Waals surface area contributed by atoms with Gasteiger partial charge in [0.2, 0.25) is 15.9 Å². The Morgan fingerprint density at radius 2 is 1.67 bits per heavy atom. The van der Waals surface area contributed by atoms with Gasteiger partial charge in [-0.25, -0.2) is 8.42 Å². The van der Waals surface area contributed by atoms with Crippen molar-refractivity contribution in [2.75, 3.05) is 43.9 Å². The first kappa shape index (κ1) is 17.2. The number of benzene rings is 1. The molecule has 132 valence electrons. The van der Waals surface area contributed by atoms with Crippen LogP contribution in [0.25, 0.3) is 0 Å². The number of rotatable bonds is 3. The summed E-state index contributed by atoms with van der Waals surface area (Å²) >= 11 is 0. The Bertz CT molecular complexity index is 670. The standard InChI is InChI=1S/C17H25N3O3S/c1-24(22,23)20-10-6-5-9-16(20)17(21)19-13-11-18(12-14-19)15-7-3-2-4-8-15/h2-4,7-8,16H,5-6,9-14H2,1H3. The molecule has 0 N–H and O–H groups in total. The first-order chi connectivity index (χ1) is 11.5. The molecule has 3 rings (SSSR count). The number of nitrogens with zero attached hydrogens (tertiary/aromatic N) is 3. The van der Waals surface area contributed by atoms with Crippen LogP contribution in [0.3, 0.4) is 0 Å². The summed E-state index contributed by atoms with van der Waals surface area (Å²) in [6.07, 6.45) is 3.57. The third-order valence-corrected chi connectivity index (χ3v) is 6.17. The molecule has 1 aromatic carbocycles. The van der Waals surface area contributed by atoms with Crippen LogP contribution in [0.5, 0.6) is 0 Å². The molecule has 2 heterocycles. The van der Waals surface area contributed by atoms with Crippen LogP contribution in [-0.2, 0) is 14.8 Å². The van der Waals surface area contributed by atoms with E-state index in [0.29, 0.717) is 26.1 Å². The van der Waals surface area contributed by atoms with Crippen LogP contribution in [0.1, 0.15) is 19.3 Å². The first-order valence-electron chi connectivity index (χ1n) is 8.52. The molecular weight excluding hydrogens is 326 g/mol. The number of hydrogen-bond donors (Lipinski definition) is 0. The molecule has 1 amide bonds. The van der Waals surface area contributed by atoms with E-state index in [4.69, 9.17) is 0 Å². The van der Waals surface area contributed by atoms with Gasteiger partial charge in [-0.15, -0.1) is 0 Å². The van der Waals surface area contributed by atoms with Crippen LogP contribution in [0.4, 0.5) is 5.69 Å². The number of carbonyl (C=O) groups is 1. The Kier molecular flexibility index (Phi) is 5.10. The van der Waals surface area contributed by atoms with Gasteiger partial charge in [-0.2, -0.15) is 4.31 Å². The second-order valence-corrected chi connectivity index (χ2v) is 8.47. The lowest BCUT2D eigenvalue weighted by Gasteiger charge is -2.40. The van der Waals surface area contributed by atoms with Gasteiger partial charge in [-0.3, -0.25) is 4.79 Å². The lowest BCUT2D eigenvalue weighted by molar-refractivity contribution is -0.136. The Morgan fingerprint density at radius 3 is 2.29 bits per heavy atom. The maximum atomic E-state index is 12.9. The van der Waals surface area contributed by atoms with E-state index < -0.39 is 16.1 Å². The summed E-state index contributed by atoms with van der Waals surface area (Å²) in [5, 5.41) is 0. The number of hydrogen-bond acceptors (Lipinski definition) is 4. The van der Waals surface area contributed by atoms with Crippen LogP contribution in [0.15, 0.2) is 30.3 Å². The van der Waals surface area contributed by atoms with E-state index in [9.17, 15) is 13.2 Å². The van der Waals surface area contributed by atoms with Crippen LogP contribution in [-0.4, -0.2) is 68.6 Å². The topological polar surface area (TPSA) is 60.9 Å². The van der Waals surface area contributed by atoms with E-state index in [1.165, 1.54) is 16.2 Å². The molecule has 6 nitrogen and oxygen atoms in total. The average Bonchev–Trinajstić information content (AvgIpc) is 2.61. The van der Waals surface area contributed by atoms with Gasteiger partial charge in [-0.1, -0.05) is 24.6 Å². The number of sulfonamides is 1. The average molecular weight is 351 g/mol. The van der Waals surface area contributed by atoms with Crippen molar-refractivity contribution in [2.24, 2.45) is 0 Å². The van der Waals surface area contributed by atoms with Crippen LogP contribution < -0.4 is 4.90 Å². The zero-order valence-corrected chi connectivity index (χ0v) is 14.9. The van der Waals surface area contributed by atoms with E-state index in [2.05, 4.69) is 17.0 Å². The molecule has 0 aliphatic carbocycles. The third-order valence-electron chi connectivity index (χ3n) is 4.88. The fourth-order valence-electron chi connectivity index (χ4n) is 3.58. The quantitative estimate of drug-likeness (QED) is 0.820. The number of carbonyl (C=O) groups excluding carboxylic acids is 1. The number of piperazine rings is 1. The van der Waals surface area contributed by atoms with Crippen molar-refractivity contribution in [3.05, 3.63) is 30.3 Å². The lowest BCUT2D eigenvalue weighted by atomic mass is 10.0. The third kappa shape index (κ3) is 3.72. The molecule has 1 aromatic rings. The van der Waals surface area contributed by atoms with E-state index >= 15 is 0 Å². The van der Waals surface area contributed by atoms with Gasteiger partial charge < -0.3 is 9.80 Å². The van der Waals surface area contributed by atoms with Gasteiger partial charge in [0, 0.05) is 38.4 Å². The Labute approximate surface area is 144 Å². The molecule has 2 aliphatic rings. The molecule has 0 saturated carbocycles. The van der Waals surface area contributed by atoms with E-state index in [-0.39, 0.29) is 5.91 Å². The second kappa shape index (κ2) is 7.11. The minimum atomic E-state index is -3.34. The van der Waals surface area contributed by atoms with Crippen molar-refractivity contribution in [3.63, 3.8) is 0 Å². The fraction of sp³-hybridized carbons (Fsp3) is 0.588. The molecule has 2 aliphatic heterocycles. The maximum absolute atomic E-state index is 12.9. The Balaban J connectivity index is 1.64. The minimum Gasteiger partial charge on any atom is -0.368 e. The molecule has 7 heteroatoms. The zero-order valence-electron chi connectivity index (χ0n) is 14.1. The molecule has 0 aromatic heterocycles. The molecule has 0 spiro atoms. The summed E-state index contributed by atoms with van der Waals surface area (Å²) in [6, 6.07) is 9.65. The largest absolute Gasteiger partial charge is 0.368 e. The summed E-state index contributed by atoms with van der Waals surface area (Å²) in [5.74, 6) is -0.0344. The second-order valence-electron chi connectivity index (χ2n) is 6.53. The number of para-hydroxylation sites is 1. The fourth-order valence-corrected chi connectivity index (χ4v) is 4.70. The minimum absolute atomic E-state index is 0.0344. The van der Waals surface area contributed by atoms with Crippen molar-refractivity contribution in [1.29, 1.82) is 0 Å². The number of piperidine rings is 1. The smallest absolute Gasteiger partial charge is 0.241 e. The van der Waals surface area contributed by atoms with E-state index in [1.807, 2.05) is 23.1 Å². The highest BCUT2D eigenvalue weighted by molar-refractivity contribution is 7.88. The highest BCUT2D eigenvalue weighted by atomic mass is 32.2. The van der Waals surface area contributed by atoms with E-state index in [1.54, 1.807) is 0 Å². The predicted molar refractivity (Wildman–Crippen MR) is 94.4 cm³/mol. The monoisotopic (exact) mass is 351 g/mol.